The molecule has 1 aromatic heterocycles. The van der Waals surface area contributed by atoms with E-state index in [2.05, 4.69) is 23.4 Å². The Hall–Kier alpha value is -1.26. The smallest absolute Gasteiger partial charge is 0.0343 e. The first-order valence-electron chi connectivity index (χ1n) is 3.34. The highest BCUT2D eigenvalue weighted by Gasteiger charge is 1.93. The van der Waals surface area contributed by atoms with Crippen LogP contribution in [-0.4, -0.2) is 0 Å². The molecule has 0 saturated carbocycles. The Bertz CT molecular complexity index is 418. The average Bonchev–Trinajstić information content (AvgIpc) is 2.50. The second kappa shape index (κ2) is 2.41. The van der Waals surface area contributed by atoms with Crippen molar-refractivity contribution in [3.8, 4) is 12.3 Å². The zero-order chi connectivity index (χ0) is 7.68. The molecule has 0 aliphatic carbocycles. The molecule has 0 nitrogen and oxygen atoms in total. The molecule has 0 N–H and O–H groups in total. The van der Waals surface area contributed by atoms with Crippen LogP contribution in [0.1, 0.15) is 5.56 Å². The van der Waals surface area contributed by atoms with Crippen molar-refractivity contribution in [1.29, 1.82) is 0 Å². The molecule has 2 aromatic rings. The normalized spacial score (nSPS) is 9.73. The maximum absolute atomic E-state index is 5.26. The van der Waals surface area contributed by atoms with Gasteiger partial charge < -0.3 is 0 Å². The van der Waals surface area contributed by atoms with E-state index in [1.807, 2.05) is 12.1 Å². The first-order valence-corrected chi connectivity index (χ1v) is 4.22. The van der Waals surface area contributed by atoms with Crippen LogP contribution in [0.25, 0.3) is 10.1 Å². The van der Waals surface area contributed by atoms with E-state index in [0.717, 1.165) is 5.56 Å². The highest BCUT2D eigenvalue weighted by Crippen LogP contribution is 2.21. The minimum absolute atomic E-state index is 0.955. The molecule has 1 heterocycles. The molecule has 0 spiro atoms. The van der Waals surface area contributed by atoms with Gasteiger partial charge in [-0.1, -0.05) is 5.92 Å². The molecular formula is C10H6S. The van der Waals surface area contributed by atoms with Gasteiger partial charge in [0.25, 0.3) is 0 Å². The minimum Gasteiger partial charge on any atom is -0.144 e. The first kappa shape index (κ1) is 6.45. The van der Waals surface area contributed by atoms with E-state index in [9.17, 15) is 0 Å². The third-order valence-electron chi connectivity index (χ3n) is 1.62. The summed E-state index contributed by atoms with van der Waals surface area (Å²) in [5, 5.41) is 3.32. The third-order valence-corrected chi connectivity index (χ3v) is 2.52. The molecule has 11 heavy (non-hydrogen) atoms. The fourth-order valence-corrected chi connectivity index (χ4v) is 1.83. The van der Waals surface area contributed by atoms with Crippen molar-refractivity contribution in [2.75, 3.05) is 0 Å². The molecule has 1 heteroatoms. The number of hydrogen-bond acceptors (Lipinski definition) is 1. The van der Waals surface area contributed by atoms with E-state index in [1.165, 1.54) is 10.1 Å². The van der Waals surface area contributed by atoms with E-state index >= 15 is 0 Å². The number of fused-ring (bicyclic) bond motifs is 1. The fraction of sp³-hybridized carbons (Fsp3) is 0. The summed E-state index contributed by atoms with van der Waals surface area (Å²) in [4.78, 5) is 0. The van der Waals surface area contributed by atoms with E-state index in [4.69, 9.17) is 6.42 Å². The van der Waals surface area contributed by atoms with Gasteiger partial charge in [-0.2, -0.15) is 0 Å². The molecule has 0 bridgehead atoms. The van der Waals surface area contributed by atoms with Crippen molar-refractivity contribution < 1.29 is 0 Å². The largest absolute Gasteiger partial charge is 0.144 e. The van der Waals surface area contributed by atoms with Gasteiger partial charge in [-0.3, -0.25) is 0 Å². The second-order valence-electron chi connectivity index (χ2n) is 2.32. The highest BCUT2D eigenvalue weighted by molar-refractivity contribution is 7.17. The van der Waals surface area contributed by atoms with Gasteiger partial charge >= 0.3 is 0 Å². The Kier molecular flexibility index (Phi) is 1.41. The standard InChI is InChI=1S/C10H6S/c1-2-8-3-4-10-9(7-8)5-6-11-10/h1,3-7H. The van der Waals surface area contributed by atoms with Gasteiger partial charge in [-0.25, -0.2) is 0 Å². The highest BCUT2D eigenvalue weighted by atomic mass is 32.1. The maximum atomic E-state index is 5.26. The zero-order valence-corrected chi connectivity index (χ0v) is 6.69. The first-order chi connectivity index (χ1) is 5.40. The van der Waals surface area contributed by atoms with Gasteiger partial charge in [0.05, 0.1) is 0 Å². The minimum atomic E-state index is 0.955. The Morgan fingerprint density at radius 3 is 3.00 bits per heavy atom. The van der Waals surface area contributed by atoms with Gasteiger partial charge in [-0.05, 0) is 35.0 Å². The summed E-state index contributed by atoms with van der Waals surface area (Å²) >= 11 is 1.74. The summed E-state index contributed by atoms with van der Waals surface area (Å²) in [5.74, 6) is 2.61. The Morgan fingerprint density at radius 1 is 1.27 bits per heavy atom. The van der Waals surface area contributed by atoms with Crippen molar-refractivity contribution in [2.24, 2.45) is 0 Å². The SMILES string of the molecule is C#Cc1ccc2sccc2c1. The van der Waals surface area contributed by atoms with Crippen molar-refractivity contribution in [2.45, 2.75) is 0 Å². The molecule has 2 rings (SSSR count). The lowest BCUT2D eigenvalue weighted by Gasteiger charge is -1.89. The summed E-state index contributed by atoms with van der Waals surface area (Å²) in [5.41, 5.74) is 0.955. The molecule has 0 fully saturated rings. The summed E-state index contributed by atoms with van der Waals surface area (Å²) in [7, 11) is 0. The number of rotatable bonds is 0. The molecule has 0 radical (unpaired) electrons. The molecule has 0 atom stereocenters. The molecule has 0 aliphatic rings. The third kappa shape index (κ3) is 1.02. The molecule has 0 saturated heterocycles. The molecular weight excluding hydrogens is 152 g/mol. The monoisotopic (exact) mass is 158 g/mol. The maximum Gasteiger partial charge on any atom is 0.0343 e. The van der Waals surface area contributed by atoms with Crippen molar-refractivity contribution in [1.82, 2.24) is 0 Å². The molecule has 0 unspecified atom stereocenters. The lowest BCUT2D eigenvalue weighted by atomic mass is 10.2. The second-order valence-corrected chi connectivity index (χ2v) is 3.27. The predicted molar refractivity (Wildman–Crippen MR) is 49.8 cm³/mol. The van der Waals surface area contributed by atoms with Gasteiger partial charge in [0, 0.05) is 10.3 Å². The van der Waals surface area contributed by atoms with Crippen molar-refractivity contribution in [3.05, 3.63) is 35.2 Å². The van der Waals surface area contributed by atoms with Crippen LogP contribution in [-0.2, 0) is 0 Å². The predicted octanol–water partition coefficient (Wildman–Crippen LogP) is 2.88. The number of terminal acetylenes is 1. The molecule has 52 valence electrons. The van der Waals surface area contributed by atoms with E-state index in [-0.39, 0.29) is 0 Å². The number of thiophene rings is 1. The Labute approximate surface area is 69.5 Å². The van der Waals surface area contributed by atoms with E-state index in [0.29, 0.717) is 0 Å². The van der Waals surface area contributed by atoms with Gasteiger partial charge in [-0.15, -0.1) is 17.8 Å². The summed E-state index contributed by atoms with van der Waals surface area (Å²) < 4.78 is 1.30. The quantitative estimate of drug-likeness (QED) is 0.517. The topological polar surface area (TPSA) is 0 Å². The van der Waals surface area contributed by atoms with E-state index in [1.54, 1.807) is 11.3 Å². The Morgan fingerprint density at radius 2 is 2.18 bits per heavy atom. The van der Waals surface area contributed by atoms with Crippen molar-refractivity contribution in [3.63, 3.8) is 0 Å². The summed E-state index contributed by atoms with van der Waals surface area (Å²) in [6, 6.07) is 8.15. The van der Waals surface area contributed by atoms with Crippen LogP contribution in [0.3, 0.4) is 0 Å². The molecule has 1 aromatic carbocycles. The van der Waals surface area contributed by atoms with Gasteiger partial charge in [0.1, 0.15) is 0 Å². The average molecular weight is 158 g/mol. The van der Waals surface area contributed by atoms with Crippen LogP contribution in [0.4, 0.5) is 0 Å². The van der Waals surface area contributed by atoms with Crippen LogP contribution in [0.5, 0.6) is 0 Å². The van der Waals surface area contributed by atoms with Crippen molar-refractivity contribution >= 4 is 21.4 Å². The van der Waals surface area contributed by atoms with Crippen LogP contribution in [0.2, 0.25) is 0 Å². The fourth-order valence-electron chi connectivity index (χ4n) is 1.06. The van der Waals surface area contributed by atoms with Crippen LogP contribution in [0, 0.1) is 12.3 Å². The van der Waals surface area contributed by atoms with E-state index < -0.39 is 0 Å². The zero-order valence-electron chi connectivity index (χ0n) is 5.87. The van der Waals surface area contributed by atoms with Crippen LogP contribution < -0.4 is 0 Å². The molecule has 0 aliphatic heterocycles. The number of hydrogen-bond donors (Lipinski definition) is 0. The number of benzene rings is 1. The van der Waals surface area contributed by atoms with Crippen LogP contribution in [0.15, 0.2) is 29.6 Å². The summed E-state index contributed by atoms with van der Waals surface area (Å²) in [6.45, 7) is 0. The Balaban J connectivity index is 2.79. The van der Waals surface area contributed by atoms with Gasteiger partial charge in [0.15, 0.2) is 0 Å². The van der Waals surface area contributed by atoms with Gasteiger partial charge in [0.2, 0.25) is 0 Å². The molecule has 0 amide bonds. The lowest BCUT2D eigenvalue weighted by Crippen LogP contribution is -1.69. The summed E-state index contributed by atoms with van der Waals surface area (Å²) in [6.07, 6.45) is 5.26. The van der Waals surface area contributed by atoms with Crippen LogP contribution >= 0.6 is 11.3 Å². The lowest BCUT2D eigenvalue weighted by molar-refractivity contribution is 1.75.